The largest absolute Gasteiger partial charge is 0.478 e. The highest BCUT2D eigenvalue weighted by molar-refractivity contribution is 5.87. The van der Waals surface area contributed by atoms with Crippen LogP contribution in [-0.4, -0.2) is 43.2 Å². The van der Waals surface area contributed by atoms with E-state index in [0.717, 1.165) is 24.4 Å². The zero-order chi connectivity index (χ0) is 15.2. The molecule has 7 nitrogen and oxygen atoms in total. The molecule has 0 spiro atoms. The Morgan fingerprint density at radius 2 is 2.00 bits per heavy atom. The minimum Gasteiger partial charge on any atom is -0.478 e. The summed E-state index contributed by atoms with van der Waals surface area (Å²) in [4.78, 5) is 12.9. The van der Waals surface area contributed by atoms with Crippen molar-refractivity contribution in [2.45, 2.75) is 33.0 Å². The van der Waals surface area contributed by atoms with Crippen LogP contribution in [0.1, 0.15) is 35.1 Å². The van der Waals surface area contributed by atoms with Crippen molar-refractivity contribution in [2.75, 3.05) is 7.05 Å². The number of benzene rings is 1. The Balaban J connectivity index is 1.96. The van der Waals surface area contributed by atoms with Gasteiger partial charge in [0.1, 0.15) is 0 Å². The fourth-order valence-electron chi connectivity index (χ4n) is 2.08. The lowest BCUT2D eigenvalue weighted by Gasteiger charge is -2.16. The molecule has 112 valence electrons. The summed E-state index contributed by atoms with van der Waals surface area (Å²) in [6.07, 6.45) is 0.985. The minimum absolute atomic E-state index is 0.299. The number of aromatic nitrogens is 4. The van der Waals surface area contributed by atoms with Gasteiger partial charge in [0.05, 0.1) is 12.1 Å². The molecule has 0 saturated heterocycles. The van der Waals surface area contributed by atoms with Crippen LogP contribution in [0.4, 0.5) is 0 Å². The third-order valence-corrected chi connectivity index (χ3v) is 3.11. The Labute approximate surface area is 123 Å². The molecule has 0 aliphatic rings. The summed E-state index contributed by atoms with van der Waals surface area (Å²) < 4.78 is 1.81. The predicted molar refractivity (Wildman–Crippen MR) is 76.7 cm³/mol. The van der Waals surface area contributed by atoms with Gasteiger partial charge in [0.15, 0.2) is 5.82 Å². The fraction of sp³-hybridized carbons (Fsp3) is 0.429. The van der Waals surface area contributed by atoms with Crippen LogP contribution in [0.15, 0.2) is 24.3 Å². The molecule has 0 aliphatic heterocycles. The topological polar surface area (TPSA) is 84.1 Å². The summed E-state index contributed by atoms with van der Waals surface area (Å²) in [6.45, 7) is 4.25. The third kappa shape index (κ3) is 4.09. The van der Waals surface area contributed by atoms with Crippen LogP contribution in [0.5, 0.6) is 0 Å². The quantitative estimate of drug-likeness (QED) is 0.829. The maximum absolute atomic E-state index is 10.8. The first-order valence-electron chi connectivity index (χ1n) is 6.86. The van der Waals surface area contributed by atoms with Crippen molar-refractivity contribution in [2.24, 2.45) is 0 Å². The summed E-state index contributed by atoms with van der Waals surface area (Å²) >= 11 is 0. The van der Waals surface area contributed by atoms with Crippen LogP contribution in [0.3, 0.4) is 0 Å². The van der Waals surface area contributed by atoms with E-state index in [1.807, 2.05) is 23.9 Å². The van der Waals surface area contributed by atoms with E-state index in [4.69, 9.17) is 5.11 Å². The van der Waals surface area contributed by atoms with Crippen LogP contribution in [0, 0.1) is 0 Å². The Kier molecular flexibility index (Phi) is 4.99. The van der Waals surface area contributed by atoms with Gasteiger partial charge < -0.3 is 5.11 Å². The third-order valence-electron chi connectivity index (χ3n) is 3.11. The fourth-order valence-corrected chi connectivity index (χ4v) is 2.08. The van der Waals surface area contributed by atoms with Gasteiger partial charge in [-0.3, -0.25) is 4.90 Å². The van der Waals surface area contributed by atoms with Crippen molar-refractivity contribution >= 4 is 5.97 Å². The zero-order valence-corrected chi connectivity index (χ0v) is 12.2. The van der Waals surface area contributed by atoms with E-state index < -0.39 is 5.97 Å². The zero-order valence-electron chi connectivity index (χ0n) is 12.2. The molecule has 1 heterocycles. The standard InChI is InChI=1S/C14H19N5O2/c1-3-8-19-13(15-16-17-19)10-18(2)9-11-4-6-12(7-5-11)14(20)21/h4-7H,3,8-10H2,1-2H3,(H,20,21). The molecule has 21 heavy (non-hydrogen) atoms. The predicted octanol–water partition coefficient (Wildman–Crippen LogP) is 1.41. The van der Waals surface area contributed by atoms with Gasteiger partial charge in [0.25, 0.3) is 0 Å². The number of rotatable bonds is 7. The van der Waals surface area contributed by atoms with E-state index in [1.54, 1.807) is 12.1 Å². The average Bonchev–Trinajstić information content (AvgIpc) is 2.87. The first-order chi connectivity index (χ1) is 10.1. The highest BCUT2D eigenvalue weighted by Gasteiger charge is 2.09. The van der Waals surface area contributed by atoms with Crippen LogP contribution < -0.4 is 0 Å². The van der Waals surface area contributed by atoms with Crippen molar-refractivity contribution in [1.29, 1.82) is 0 Å². The van der Waals surface area contributed by atoms with Crippen molar-refractivity contribution in [3.8, 4) is 0 Å². The van der Waals surface area contributed by atoms with Gasteiger partial charge in [-0.05, 0) is 41.6 Å². The van der Waals surface area contributed by atoms with E-state index in [9.17, 15) is 4.79 Å². The number of carbonyl (C=O) groups is 1. The second kappa shape index (κ2) is 6.94. The summed E-state index contributed by atoms with van der Waals surface area (Å²) in [5, 5.41) is 20.6. The van der Waals surface area contributed by atoms with E-state index in [0.29, 0.717) is 18.7 Å². The lowest BCUT2D eigenvalue weighted by Crippen LogP contribution is -2.20. The molecule has 0 bridgehead atoms. The first kappa shape index (κ1) is 15.1. The van der Waals surface area contributed by atoms with Gasteiger partial charge in [-0.25, -0.2) is 9.48 Å². The van der Waals surface area contributed by atoms with Crippen molar-refractivity contribution in [3.05, 3.63) is 41.2 Å². The number of hydrogen-bond donors (Lipinski definition) is 1. The van der Waals surface area contributed by atoms with Gasteiger partial charge in [0, 0.05) is 13.1 Å². The maximum atomic E-state index is 10.8. The summed E-state index contributed by atoms with van der Waals surface area (Å²) in [5.41, 5.74) is 1.35. The number of carboxylic acid groups (broad SMARTS) is 1. The molecule has 0 atom stereocenters. The smallest absolute Gasteiger partial charge is 0.335 e. The molecule has 0 unspecified atom stereocenters. The van der Waals surface area contributed by atoms with E-state index in [1.165, 1.54) is 0 Å². The van der Waals surface area contributed by atoms with Crippen LogP contribution in [0.25, 0.3) is 0 Å². The highest BCUT2D eigenvalue weighted by Crippen LogP contribution is 2.09. The minimum atomic E-state index is -0.909. The number of tetrazole rings is 1. The van der Waals surface area contributed by atoms with Gasteiger partial charge in [-0.2, -0.15) is 0 Å². The molecule has 0 aliphatic carbocycles. The van der Waals surface area contributed by atoms with E-state index in [2.05, 4.69) is 27.3 Å². The number of hydrogen-bond acceptors (Lipinski definition) is 5. The number of carboxylic acids is 1. The van der Waals surface area contributed by atoms with Crippen molar-refractivity contribution in [1.82, 2.24) is 25.1 Å². The van der Waals surface area contributed by atoms with Gasteiger partial charge in [-0.1, -0.05) is 19.1 Å². The molecular weight excluding hydrogens is 270 g/mol. The summed E-state index contributed by atoms with van der Waals surface area (Å²) in [5.74, 6) is -0.0739. The Hall–Kier alpha value is -2.28. The second-order valence-electron chi connectivity index (χ2n) is 4.99. The molecule has 0 amide bonds. The molecule has 0 saturated carbocycles. The maximum Gasteiger partial charge on any atom is 0.335 e. The van der Waals surface area contributed by atoms with Gasteiger partial charge in [0.2, 0.25) is 0 Å². The van der Waals surface area contributed by atoms with E-state index in [-0.39, 0.29) is 0 Å². The van der Waals surface area contributed by atoms with Crippen LogP contribution >= 0.6 is 0 Å². The monoisotopic (exact) mass is 289 g/mol. The summed E-state index contributed by atoms with van der Waals surface area (Å²) in [7, 11) is 1.98. The molecule has 0 fully saturated rings. The van der Waals surface area contributed by atoms with Gasteiger partial charge in [-0.15, -0.1) is 5.10 Å². The molecular formula is C14H19N5O2. The molecule has 1 N–H and O–H groups in total. The van der Waals surface area contributed by atoms with Crippen molar-refractivity contribution < 1.29 is 9.90 Å². The SMILES string of the molecule is CCCn1nnnc1CN(C)Cc1ccc(C(=O)O)cc1. The number of aryl methyl sites for hydroxylation is 1. The first-order valence-corrected chi connectivity index (χ1v) is 6.86. The van der Waals surface area contributed by atoms with Gasteiger partial charge >= 0.3 is 5.97 Å². The lowest BCUT2D eigenvalue weighted by atomic mass is 10.1. The van der Waals surface area contributed by atoms with Crippen molar-refractivity contribution in [3.63, 3.8) is 0 Å². The average molecular weight is 289 g/mol. The molecule has 0 radical (unpaired) electrons. The normalized spacial score (nSPS) is 11.0. The van der Waals surface area contributed by atoms with Crippen LogP contribution in [-0.2, 0) is 19.6 Å². The molecule has 1 aromatic carbocycles. The lowest BCUT2D eigenvalue weighted by molar-refractivity contribution is 0.0697. The van der Waals surface area contributed by atoms with E-state index >= 15 is 0 Å². The highest BCUT2D eigenvalue weighted by atomic mass is 16.4. The Morgan fingerprint density at radius 3 is 2.62 bits per heavy atom. The molecule has 1 aromatic heterocycles. The molecule has 7 heteroatoms. The number of aromatic carboxylic acids is 1. The van der Waals surface area contributed by atoms with Crippen LogP contribution in [0.2, 0.25) is 0 Å². The Bertz CT molecular complexity index is 594. The molecule has 2 aromatic rings. The summed E-state index contributed by atoms with van der Waals surface area (Å²) in [6, 6.07) is 6.89. The number of nitrogens with zero attached hydrogens (tertiary/aromatic N) is 5. The Morgan fingerprint density at radius 1 is 1.29 bits per heavy atom. The molecule has 2 rings (SSSR count). The second-order valence-corrected chi connectivity index (χ2v) is 4.99.